The highest BCUT2D eigenvalue weighted by Gasteiger charge is 2.23. The quantitative estimate of drug-likeness (QED) is 0.374. The van der Waals surface area contributed by atoms with Gasteiger partial charge in [-0.25, -0.2) is 9.97 Å². The van der Waals surface area contributed by atoms with Crippen molar-refractivity contribution >= 4 is 44.7 Å². The molecule has 4 aromatic rings. The number of nitrogens with zero attached hydrogens (tertiary/aromatic N) is 2. The molecule has 0 fully saturated rings. The molecule has 1 atom stereocenters. The van der Waals surface area contributed by atoms with Gasteiger partial charge in [0.15, 0.2) is 0 Å². The second kappa shape index (κ2) is 8.25. The molecule has 2 aromatic heterocycles. The Labute approximate surface area is 184 Å². The lowest BCUT2D eigenvalue weighted by Crippen LogP contribution is -2.09. The lowest BCUT2D eigenvalue weighted by atomic mass is 9.89. The first-order valence-corrected chi connectivity index (χ1v) is 11.3. The van der Waals surface area contributed by atoms with Crippen molar-refractivity contribution in [3.8, 4) is 5.75 Å². The van der Waals surface area contributed by atoms with E-state index in [0.717, 1.165) is 51.4 Å². The molecule has 0 saturated heterocycles. The van der Waals surface area contributed by atoms with Gasteiger partial charge in [-0.15, -0.1) is 11.3 Å². The summed E-state index contributed by atoms with van der Waals surface area (Å²) in [6, 6.07) is 15.7. The van der Waals surface area contributed by atoms with Gasteiger partial charge >= 0.3 is 0 Å². The van der Waals surface area contributed by atoms with E-state index in [9.17, 15) is 0 Å². The van der Waals surface area contributed by atoms with Crippen LogP contribution in [-0.2, 0) is 19.4 Å². The second-order valence-corrected chi connectivity index (χ2v) is 9.34. The Bertz CT molecular complexity index is 1170. The molecule has 5 rings (SSSR count). The van der Waals surface area contributed by atoms with E-state index < -0.39 is 0 Å². The first-order valence-electron chi connectivity index (χ1n) is 10.2. The number of aromatic nitrogens is 2. The molecule has 0 saturated carbocycles. The van der Waals surface area contributed by atoms with E-state index in [1.54, 1.807) is 6.33 Å². The summed E-state index contributed by atoms with van der Waals surface area (Å²) in [7, 11) is 0. The van der Waals surface area contributed by atoms with Gasteiger partial charge in [-0.3, -0.25) is 0 Å². The van der Waals surface area contributed by atoms with Gasteiger partial charge in [0.25, 0.3) is 0 Å². The van der Waals surface area contributed by atoms with Crippen LogP contribution in [0.15, 0.2) is 54.9 Å². The number of fused-ring (bicyclic) bond motifs is 3. The number of anilines is 2. The molecule has 0 spiro atoms. The lowest BCUT2D eigenvalue weighted by Gasteiger charge is -2.18. The van der Waals surface area contributed by atoms with E-state index in [-0.39, 0.29) is 0 Å². The third kappa shape index (κ3) is 4.00. The number of ether oxygens (including phenoxy) is 1. The maximum absolute atomic E-state index is 5.93. The minimum absolute atomic E-state index is 0.510. The van der Waals surface area contributed by atoms with E-state index in [0.29, 0.717) is 6.61 Å². The predicted octanol–water partition coefficient (Wildman–Crippen LogP) is 6.79. The summed E-state index contributed by atoms with van der Waals surface area (Å²) >= 11 is 7.75. The van der Waals surface area contributed by atoms with E-state index in [2.05, 4.69) is 22.2 Å². The highest BCUT2D eigenvalue weighted by Crippen LogP contribution is 2.40. The monoisotopic (exact) mass is 435 g/mol. The molecular formula is C24H22ClN3OS. The Kier molecular flexibility index (Phi) is 5.32. The molecule has 152 valence electrons. The second-order valence-electron chi connectivity index (χ2n) is 7.82. The van der Waals surface area contributed by atoms with Crippen molar-refractivity contribution < 1.29 is 4.74 Å². The van der Waals surface area contributed by atoms with Gasteiger partial charge in [0.1, 0.15) is 29.3 Å². The maximum atomic E-state index is 5.93. The summed E-state index contributed by atoms with van der Waals surface area (Å²) in [4.78, 5) is 11.6. The normalized spacial score (nSPS) is 15.7. The Morgan fingerprint density at radius 3 is 2.70 bits per heavy atom. The summed E-state index contributed by atoms with van der Waals surface area (Å²) < 4.78 is 5.88. The number of nitrogens with one attached hydrogen (secondary N) is 1. The average molecular weight is 436 g/mol. The van der Waals surface area contributed by atoms with Crippen LogP contribution in [0.1, 0.15) is 29.3 Å². The Morgan fingerprint density at radius 2 is 1.90 bits per heavy atom. The van der Waals surface area contributed by atoms with Crippen LogP contribution in [-0.4, -0.2) is 9.97 Å². The van der Waals surface area contributed by atoms with Crippen LogP contribution in [0.4, 0.5) is 11.5 Å². The molecule has 30 heavy (non-hydrogen) atoms. The number of thiophene rings is 1. The van der Waals surface area contributed by atoms with Crippen molar-refractivity contribution in [2.24, 2.45) is 5.92 Å². The van der Waals surface area contributed by atoms with Crippen LogP contribution in [0, 0.1) is 5.92 Å². The summed E-state index contributed by atoms with van der Waals surface area (Å²) in [6.45, 7) is 2.84. The number of benzene rings is 2. The molecule has 0 bridgehead atoms. The minimum Gasteiger partial charge on any atom is -0.489 e. The van der Waals surface area contributed by atoms with Crippen molar-refractivity contribution in [3.05, 3.63) is 75.9 Å². The molecule has 1 unspecified atom stereocenters. The summed E-state index contributed by atoms with van der Waals surface area (Å²) in [5.41, 5.74) is 3.50. The zero-order valence-electron chi connectivity index (χ0n) is 16.7. The molecule has 0 radical (unpaired) electrons. The van der Waals surface area contributed by atoms with Gasteiger partial charge in [-0.2, -0.15) is 0 Å². The van der Waals surface area contributed by atoms with Crippen molar-refractivity contribution in [2.45, 2.75) is 32.8 Å². The molecular weight excluding hydrogens is 414 g/mol. The van der Waals surface area contributed by atoms with Crippen molar-refractivity contribution in [1.29, 1.82) is 0 Å². The number of hydrogen-bond donors (Lipinski definition) is 1. The molecule has 4 nitrogen and oxygen atoms in total. The van der Waals surface area contributed by atoms with Crippen LogP contribution in [0.25, 0.3) is 10.2 Å². The molecule has 1 aliphatic rings. The van der Waals surface area contributed by atoms with E-state index in [1.165, 1.54) is 22.2 Å². The Balaban J connectivity index is 1.32. The highest BCUT2D eigenvalue weighted by molar-refractivity contribution is 7.19. The SMILES string of the molecule is CC1CCc2c(sc3ncnc(Nc4ccc(OCc5ccc(Cl)cc5)cc4)c23)C1. The van der Waals surface area contributed by atoms with E-state index in [4.69, 9.17) is 16.3 Å². The largest absolute Gasteiger partial charge is 0.489 e. The summed E-state index contributed by atoms with van der Waals surface area (Å²) in [5, 5.41) is 5.41. The van der Waals surface area contributed by atoms with Crippen molar-refractivity contribution in [1.82, 2.24) is 9.97 Å². The van der Waals surface area contributed by atoms with Crippen LogP contribution in [0.2, 0.25) is 5.02 Å². The predicted molar refractivity (Wildman–Crippen MR) is 124 cm³/mol. The van der Waals surface area contributed by atoms with Crippen LogP contribution in [0.3, 0.4) is 0 Å². The zero-order chi connectivity index (χ0) is 20.5. The third-order valence-electron chi connectivity index (χ3n) is 5.53. The number of aryl methyl sites for hydroxylation is 1. The molecule has 1 N–H and O–H groups in total. The maximum Gasteiger partial charge on any atom is 0.142 e. The minimum atomic E-state index is 0.510. The van der Waals surface area contributed by atoms with Crippen LogP contribution in [0.5, 0.6) is 5.75 Å². The van der Waals surface area contributed by atoms with E-state index >= 15 is 0 Å². The Hall–Kier alpha value is -2.63. The average Bonchev–Trinajstić information content (AvgIpc) is 3.13. The molecule has 6 heteroatoms. The van der Waals surface area contributed by atoms with E-state index in [1.807, 2.05) is 59.9 Å². The van der Waals surface area contributed by atoms with Gasteiger partial charge in [-0.05, 0) is 72.7 Å². The van der Waals surface area contributed by atoms with Crippen LogP contribution >= 0.6 is 22.9 Å². The van der Waals surface area contributed by atoms with Crippen LogP contribution < -0.4 is 10.1 Å². The van der Waals surface area contributed by atoms with Gasteiger partial charge < -0.3 is 10.1 Å². The van der Waals surface area contributed by atoms with Gasteiger partial charge in [0.2, 0.25) is 0 Å². The molecule has 2 aromatic carbocycles. The molecule has 0 aliphatic heterocycles. The third-order valence-corrected chi connectivity index (χ3v) is 6.94. The van der Waals surface area contributed by atoms with Crippen molar-refractivity contribution in [2.75, 3.05) is 5.32 Å². The van der Waals surface area contributed by atoms with Crippen molar-refractivity contribution in [3.63, 3.8) is 0 Å². The number of halogens is 1. The zero-order valence-corrected chi connectivity index (χ0v) is 18.3. The lowest BCUT2D eigenvalue weighted by molar-refractivity contribution is 0.306. The summed E-state index contributed by atoms with van der Waals surface area (Å²) in [5.74, 6) is 2.46. The van der Waals surface area contributed by atoms with Gasteiger partial charge in [-0.1, -0.05) is 30.7 Å². The van der Waals surface area contributed by atoms with Gasteiger partial charge in [0.05, 0.1) is 5.39 Å². The summed E-state index contributed by atoms with van der Waals surface area (Å²) in [6.07, 6.45) is 5.14. The fourth-order valence-electron chi connectivity index (χ4n) is 3.89. The fraction of sp³-hybridized carbons (Fsp3) is 0.250. The molecule has 0 amide bonds. The fourth-order valence-corrected chi connectivity index (χ4v) is 5.36. The molecule has 2 heterocycles. The topological polar surface area (TPSA) is 47.0 Å². The van der Waals surface area contributed by atoms with Gasteiger partial charge in [0, 0.05) is 15.6 Å². The number of hydrogen-bond acceptors (Lipinski definition) is 5. The smallest absolute Gasteiger partial charge is 0.142 e. The first-order chi connectivity index (χ1) is 14.7. The first kappa shape index (κ1) is 19.3. The number of rotatable bonds is 5. The molecule has 1 aliphatic carbocycles. The standard InChI is InChI=1S/C24H22ClN3OS/c1-15-2-11-20-21(12-15)30-24-22(20)23(26-14-27-24)28-18-7-9-19(10-8-18)29-13-16-3-5-17(25)6-4-16/h3-10,14-15H,2,11-13H2,1H3,(H,26,27,28). The highest BCUT2D eigenvalue weighted by atomic mass is 35.5. The Morgan fingerprint density at radius 1 is 1.10 bits per heavy atom.